The number of carbonyl (C=O) groups excluding carboxylic acids is 1. The van der Waals surface area contributed by atoms with Crippen molar-refractivity contribution >= 4 is 27.0 Å². The minimum atomic E-state index is -0.924. The maximum absolute atomic E-state index is 11.8. The summed E-state index contributed by atoms with van der Waals surface area (Å²) in [6, 6.07) is 8.11. The summed E-state index contributed by atoms with van der Waals surface area (Å²) >= 11 is -0.0649. The molecule has 5 nitrogen and oxygen atoms in total. The summed E-state index contributed by atoms with van der Waals surface area (Å²) in [6.45, 7) is 7.34. The second kappa shape index (κ2) is 8.20. The molecule has 1 amide bonds. The summed E-state index contributed by atoms with van der Waals surface area (Å²) in [5.41, 5.74) is 1.74. The van der Waals surface area contributed by atoms with Crippen molar-refractivity contribution < 1.29 is 19.4 Å². The van der Waals surface area contributed by atoms with Crippen LogP contribution in [-0.2, 0) is 14.9 Å². The molecule has 1 aromatic carbocycles. The van der Waals surface area contributed by atoms with Crippen molar-refractivity contribution in [3.05, 3.63) is 35.4 Å². The van der Waals surface area contributed by atoms with Gasteiger partial charge in [0.05, 0.1) is 0 Å². The number of hydrogen-bond acceptors (Lipinski definition) is 3. The van der Waals surface area contributed by atoms with Gasteiger partial charge >= 0.3 is 137 Å². The van der Waals surface area contributed by atoms with Gasteiger partial charge in [-0.2, -0.15) is 0 Å². The molecular formula is C16H23NO4Se. The Morgan fingerprint density at radius 1 is 1.27 bits per heavy atom. The summed E-state index contributed by atoms with van der Waals surface area (Å²) in [6.07, 6.45) is -0.657. The van der Waals surface area contributed by atoms with E-state index in [0.717, 1.165) is 10.9 Å². The molecule has 6 heteroatoms. The molecule has 2 N–H and O–H groups in total. The Bertz CT molecular complexity index is 508. The fourth-order valence-electron chi connectivity index (χ4n) is 1.63. The average molecular weight is 372 g/mol. The third-order valence-corrected chi connectivity index (χ3v) is 5.10. The molecule has 0 aliphatic heterocycles. The van der Waals surface area contributed by atoms with Crippen molar-refractivity contribution in [2.24, 2.45) is 0 Å². The van der Waals surface area contributed by atoms with Crippen molar-refractivity contribution in [3.63, 3.8) is 0 Å². The van der Waals surface area contributed by atoms with Gasteiger partial charge in [0.15, 0.2) is 0 Å². The van der Waals surface area contributed by atoms with Crippen molar-refractivity contribution in [1.82, 2.24) is 5.32 Å². The third kappa shape index (κ3) is 8.05. The Kier molecular flexibility index (Phi) is 6.91. The summed E-state index contributed by atoms with van der Waals surface area (Å²) in [5.74, 6) is -0.924. The van der Waals surface area contributed by atoms with Gasteiger partial charge in [-0.1, -0.05) is 0 Å². The predicted octanol–water partition coefficient (Wildman–Crippen LogP) is 2.52. The number of benzene rings is 1. The first-order chi connectivity index (χ1) is 10.2. The fourth-order valence-corrected chi connectivity index (χ4v) is 3.78. The zero-order valence-electron chi connectivity index (χ0n) is 13.4. The number of ether oxygens (including phenoxy) is 1. The van der Waals surface area contributed by atoms with Gasteiger partial charge in [-0.3, -0.25) is 0 Å². The second-order valence-corrected chi connectivity index (χ2v) is 8.53. The normalized spacial score (nSPS) is 12.5. The Balaban J connectivity index is 2.58. The monoisotopic (exact) mass is 373 g/mol. The van der Waals surface area contributed by atoms with Crippen LogP contribution in [-0.4, -0.2) is 42.7 Å². The molecule has 0 aliphatic carbocycles. The van der Waals surface area contributed by atoms with Crippen LogP contribution in [0.25, 0.3) is 0 Å². The zero-order valence-corrected chi connectivity index (χ0v) is 15.1. The number of carboxylic acids is 1. The molecule has 0 bridgehead atoms. The van der Waals surface area contributed by atoms with Crippen LogP contribution in [0, 0.1) is 6.92 Å². The van der Waals surface area contributed by atoms with E-state index in [2.05, 4.69) is 5.32 Å². The van der Waals surface area contributed by atoms with E-state index in [9.17, 15) is 9.59 Å². The Hall–Kier alpha value is -1.52. The number of rotatable bonds is 6. The van der Waals surface area contributed by atoms with E-state index in [1.165, 1.54) is 5.56 Å². The molecule has 0 aliphatic rings. The molecule has 22 heavy (non-hydrogen) atoms. The van der Waals surface area contributed by atoms with Crippen molar-refractivity contribution in [3.8, 4) is 0 Å². The quantitative estimate of drug-likeness (QED) is 0.753. The molecule has 1 unspecified atom stereocenters. The van der Waals surface area contributed by atoms with Gasteiger partial charge < -0.3 is 0 Å². The number of nitrogens with one attached hydrogen (secondary N) is 1. The Morgan fingerprint density at radius 3 is 2.36 bits per heavy atom. The van der Waals surface area contributed by atoms with Crippen LogP contribution in [0.4, 0.5) is 4.79 Å². The molecule has 1 atom stereocenters. The Labute approximate surface area is 137 Å². The molecule has 0 heterocycles. The number of amides is 1. The summed E-state index contributed by atoms with van der Waals surface area (Å²) in [4.78, 5) is 22.4. The van der Waals surface area contributed by atoms with Crippen LogP contribution in [0.15, 0.2) is 24.3 Å². The SMILES string of the molecule is Cc1ccc(C[Se]C(CC(=O)O)NC(=O)OC(C)(C)C)cc1. The number of aliphatic carboxylic acids is 1. The molecule has 0 radical (unpaired) electrons. The summed E-state index contributed by atoms with van der Waals surface area (Å²) in [5, 5.41) is 12.4. The number of carboxylic acid groups (broad SMARTS) is 1. The van der Waals surface area contributed by atoms with Crippen LogP contribution < -0.4 is 5.32 Å². The molecule has 0 saturated heterocycles. The topological polar surface area (TPSA) is 75.6 Å². The van der Waals surface area contributed by atoms with Gasteiger partial charge in [0.25, 0.3) is 0 Å². The van der Waals surface area contributed by atoms with Gasteiger partial charge in [0.2, 0.25) is 0 Å². The van der Waals surface area contributed by atoms with Gasteiger partial charge in [-0.15, -0.1) is 0 Å². The van der Waals surface area contributed by atoms with Gasteiger partial charge in [-0.05, 0) is 0 Å². The van der Waals surface area contributed by atoms with Gasteiger partial charge in [-0.25, -0.2) is 0 Å². The molecule has 0 spiro atoms. The van der Waals surface area contributed by atoms with E-state index < -0.39 is 17.7 Å². The van der Waals surface area contributed by atoms with E-state index in [1.54, 1.807) is 20.8 Å². The molecule has 0 fully saturated rings. The first kappa shape index (κ1) is 18.5. The van der Waals surface area contributed by atoms with E-state index >= 15 is 0 Å². The second-order valence-electron chi connectivity index (χ2n) is 6.03. The molecule has 122 valence electrons. The zero-order chi connectivity index (χ0) is 16.8. The van der Waals surface area contributed by atoms with E-state index in [4.69, 9.17) is 9.84 Å². The van der Waals surface area contributed by atoms with Crippen LogP contribution in [0.1, 0.15) is 38.3 Å². The molecule has 1 rings (SSSR count). The molecule has 0 saturated carbocycles. The summed E-state index contributed by atoms with van der Waals surface area (Å²) in [7, 11) is 0. The molecule has 1 aromatic rings. The van der Waals surface area contributed by atoms with Crippen molar-refractivity contribution in [2.75, 3.05) is 0 Å². The first-order valence-electron chi connectivity index (χ1n) is 7.04. The standard InChI is InChI=1S/C16H23NO4Se/c1-11-5-7-12(8-6-11)10-22-13(9-14(18)19)17-15(20)21-16(2,3)4/h5-8,13H,9-10H2,1-4H3,(H,17,20)(H,18,19). The number of hydrogen-bond donors (Lipinski definition) is 2. The number of carbonyl (C=O) groups is 2. The van der Waals surface area contributed by atoms with E-state index in [1.807, 2.05) is 31.2 Å². The van der Waals surface area contributed by atoms with Crippen LogP contribution >= 0.6 is 0 Å². The van der Waals surface area contributed by atoms with Crippen molar-refractivity contribution in [2.45, 2.75) is 50.0 Å². The number of aryl methyl sites for hydroxylation is 1. The van der Waals surface area contributed by atoms with Crippen LogP contribution in [0.5, 0.6) is 0 Å². The van der Waals surface area contributed by atoms with E-state index in [-0.39, 0.29) is 26.3 Å². The third-order valence-electron chi connectivity index (χ3n) is 2.61. The van der Waals surface area contributed by atoms with Crippen LogP contribution in [0.3, 0.4) is 0 Å². The first-order valence-corrected chi connectivity index (χ1v) is 9.24. The maximum atomic E-state index is 11.8. The summed E-state index contributed by atoms with van der Waals surface area (Å²) < 4.78 is 5.18. The predicted molar refractivity (Wildman–Crippen MR) is 86.0 cm³/mol. The van der Waals surface area contributed by atoms with E-state index in [0.29, 0.717) is 0 Å². The minimum absolute atomic E-state index is 0.0649. The fraction of sp³-hybridized carbons (Fsp3) is 0.500. The van der Waals surface area contributed by atoms with Gasteiger partial charge in [0, 0.05) is 0 Å². The van der Waals surface area contributed by atoms with Gasteiger partial charge in [0.1, 0.15) is 0 Å². The average Bonchev–Trinajstić information content (AvgIpc) is 2.34. The Morgan fingerprint density at radius 2 is 1.86 bits per heavy atom. The molecule has 0 aromatic heterocycles. The van der Waals surface area contributed by atoms with Crippen LogP contribution in [0.2, 0.25) is 0 Å². The molecular weight excluding hydrogens is 349 g/mol. The van der Waals surface area contributed by atoms with Crippen molar-refractivity contribution in [1.29, 1.82) is 0 Å². The number of alkyl carbamates (subject to hydrolysis) is 1.